The van der Waals surface area contributed by atoms with Gasteiger partial charge < -0.3 is 5.73 Å². The second-order valence-corrected chi connectivity index (χ2v) is 3.21. The molecule has 2 aromatic rings. The van der Waals surface area contributed by atoms with Crippen molar-refractivity contribution in [3.63, 3.8) is 0 Å². The van der Waals surface area contributed by atoms with Crippen molar-refractivity contribution in [2.75, 3.05) is 0 Å². The van der Waals surface area contributed by atoms with Crippen molar-refractivity contribution in [2.45, 2.75) is 13.5 Å². The number of rotatable bonds is 2. The first-order valence-electron chi connectivity index (χ1n) is 4.58. The molecule has 0 saturated heterocycles. The molecular weight excluding hydrogens is 195 g/mol. The number of halogens is 1. The van der Waals surface area contributed by atoms with Crippen molar-refractivity contribution in [3.8, 4) is 5.69 Å². The van der Waals surface area contributed by atoms with Gasteiger partial charge in [-0.15, -0.1) is 0 Å². The summed E-state index contributed by atoms with van der Waals surface area (Å²) in [4.78, 5) is 3.99. The number of aromatic nitrogens is 3. The van der Waals surface area contributed by atoms with Crippen LogP contribution in [0.2, 0.25) is 0 Å². The number of nitrogens with two attached hydrogens (primary N) is 1. The highest BCUT2D eigenvalue weighted by Crippen LogP contribution is 2.14. The summed E-state index contributed by atoms with van der Waals surface area (Å²) >= 11 is 0. The lowest BCUT2D eigenvalue weighted by Crippen LogP contribution is -2.05. The van der Waals surface area contributed by atoms with Crippen LogP contribution in [-0.2, 0) is 6.54 Å². The predicted octanol–water partition coefficient (Wildman–Crippen LogP) is 1.17. The van der Waals surface area contributed by atoms with Gasteiger partial charge in [-0.3, -0.25) is 0 Å². The van der Waals surface area contributed by atoms with Gasteiger partial charge >= 0.3 is 0 Å². The highest BCUT2D eigenvalue weighted by atomic mass is 19.1. The average Bonchev–Trinajstić information content (AvgIpc) is 2.65. The Morgan fingerprint density at radius 1 is 1.47 bits per heavy atom. The first-order valence-corrected chi connectivity index (χ1v) is 4.58. The maximum atomic E-state index is 13.1. The highest BCUT2D eigenvalue weighted by Gasteiger charge is 2.06. The summed E-state index contributed by atoms with van der Waals surface area (Å²) in [5.74, 6) is 0.331. The van der Waals surface area contributed by atoms with Gasteiger partial charge in [0, 0.05) is 6.54 Å². The minimum atomic E-state index is -0.310. The van der Waals surface area contributed by atoms with Crippen LogP contribution in [0.1, 0.15) is 11.4 Å². The Kier molecular flexibility index (Phi) is 2.47. The largest absolute Gasteiger partial charge is 0.326 e. The Balaban J connectivity index is 2.55. The summed E-state index contributed by atoms with van der Waals surface area (Å²) < 4.78 is 14.6. The zero-order valence-corrected chi connectivity index (χ0v) is 8.31. The van der Waals surface area contributed by atoms with Crippen LogP contribution >= 0.6 is 0 Å². The molecule has 15 heavy (non-hydrogen) atoms. The van der Waals surface area contributed by atoms with Gasteiger partial charge in [0.25, 0.3) is 0 Å². The number of nitrogens with zero attached hydrogens (tertiary/aromatic N) is 3. The molecule has 0 spiro atoms. The molecule has 4 nitrogen and oxygen atoms in total. The van der Waals surface area contributed by atoms with Gasteiger partial charge in [-0.05, 0) is 24.6 Å². The van der Waals surface area contributed by atoms with Crippen molar-refractivity contribution in [2.24, 2.45) is 5.73 Å². The number of hydrogen-bond acceptors (Lipinski definition) is 3. The standard InChI is InChI=1S/C10H11FN4/c1-7-13-6-15(14-7)10-4-9(11)3-2-8(10)5-12/h2-4,6H,5,12H2,1H3. The normalized spacial score (nSPS) is 10.6. The Labute approximate surface area is 86.6 Å². The molecule has 1 aromatic heterocycles. The van der Waals surface area contributed by atoms with Gasteiger partial charge in [-0.1, -0.05) is 6.07 Å². The summed E-state index contributed by atoms with van der Waals surface area (Å²) in [6.45, 7) is 2.12. The zero-order valence-electron chi connectivity index (χ0n) is 8.31. The molecule has 0 aliphatic heterocycles. The fourth-order valence-corrected chi connectivity index (χ4v) is 1.38. The lowest BCUT2D eigenvalue weighted by molar-refractivity contribution is 0.624. The van der Waals surface area contributed by atoms with Crippen LogP contribution in [0.25, 0.3) is 5.69 Å². The lowest BCUT2D eigenvalue weighted by atomic mass is 10.2. The molecule has 0 radical (unpaired) electrons. The first-order chi connectivity index (χ1) is 7.20. The smallest absolute Gasteiger partial charge is 0.147 e. The molecule has 1 heterocycles. The van der Waals surface area contributed by atoms with Gasteiger partial charge in [0.2, 0.25) is 0 Å². The number of aryl methyl sites for hydroxylation is 1. The van der Waals surface area contributed by atoms with Crippen molar-refractivity contribution in [1.82, 2.24) is 14.8 Å². The minimum Gasteiger partial charge on any atom is -0.326 e. The van der Waals surface area contributed by atoms with Crippen molar-refractivity contribution in [1.29, 1.82) is 0 Å². The van der Waals surface area contributed by atoms with Gasteiger partial charge in [0.1, 0.15) is 18.0 Å². The second-order valence-electron chi connectivity index (χ2n) is 3.21. The van der Waals surface area contributed by atoms with Gasteiger partial charge in [0.15, 0.2) is 0 Å². The van der Waals surface area contributed by atoms with Crippen LogP contribution in [-0.4, -0.2) is 14.8 Å². The van der Waals surface area contributed by atoms with E-state index < -0.39 is 0 Å². The number of benzene rings is 1. The molecule has 0 unspecified atom stereocenters. The van der Waals surface area contributed by atoms with E-state index in [2.05, 4.69) is 10.1 Å². The summed E-state index contributed by atoms with van der Waals surface area (Å²) in [7, 11) is 0. The van der Waals surface area contributed by atoms with E-state index in [1.54, 1.807) is 19.3 Å². The molecule has 78 valence electrons. The van der Waals surface area contributed by atoms with Crippen LogP contribution in [0, 0.1) is 12.7 Å². The maximum absolute atomic E-state index is 13.1. The van der Waals surface area contributed by atoms with Crippen LogP contribution < -0.4 is 5.73 Å². The van der Waals surface area contributed by atoms with Crippen molar-refractivity contribution >= 4 is 0 Å². The first kappa shape index (κ1) is 9.79. The molecule has 0 fully saturated rings. The second kappa shape index (κ2) is 3.78. The third kappa shape index (κ3) is 1.87. The van der Waals surface area contributed by atoms with Crippen molar-refractivity contribution < 1.29 is 4.39 Å². The summed E-state index contributed by atoms with van der Waals surface area (Å²) in [6.07, 6.45) is 1.54. The van der Waals surface area contributed by atoms with Gasteiger partial charge in [0.05, 0.1) is 5.69 Å². The third-order valence-corrected chi connectivity index (χ3v) is 2.12. The Morgan fingerprint density at radius 3 is 2.87 bits per heavy atom. The molecule has 0 amide bonds. The lowest BCUT2D eigenvalue weighted by Gasteiger charge is -2.06. The van der Waals surface area contributed by atoms with Crippen LogP contribution in [0.5, 0.6) is 0 Å². The van der Waals surface area contributed by atoms with Crippen LogP contribution in [0.4, 0.5) is 4.39 Å². The van der Waals surface area contributed by atoms with E-state index in [4.69, 9.17) is 5.73 Å². The fraction of sp³-hybridized carbons (Fsp3) is 0.200. The molecule has 2 rings (SSSR count). The van der Waals surface area contributed by atoms with Gasteiger partial charge in [-0.25, -0.2) is 14.1 Å². The molecule has 0 bridgehead atoms. The van der Waals surface area contributed by atoms with Crippen molar-refractivity contribution in [3.05, 3.63) is 41.7 Å². The molecule has 1 aromatic carbocycles. The summed E-state index contributed by atoms with van der Waals surface area (Å²) in [6, 6.07) is 4.44. The quantitative estimate of drug-likeness (QED) is 0.802. The fourth-order valence-electron chi connectivity index (χ4n) is 1.38. The van der Waals surface area contributed by atoms with E-state index in [0.717, 1.165) is 5.56 Å². The van der Waals surface area contributed by atoms with E-state index in [1.807, 2.05) is 0 Å². The Morgan fingerprint density at radius 2 is 2.27 bits per heavy atom. The van der Waals surface area contributed by atoms with E-state index in [0.29, 0.717) is 18.1 Å². The SMILES string of the molecule is Cc1ncn(-c2cc(F)ccc2CN)n1. The van der Waals surface area contributed by atoms with Gasteiger partial charge in [-0.2, -0.15) is 5.10 Å². The molecule has 0 saturated carbocycles. The monoisotopic (exact) mass is 206 g/mol. The third-order valence-electron chi connectivity index (χ3n) is 2.12. The minimum absolute atomic E-state index is 0.310. The molecule has 0 aliphatic carbocycles. The Bertz CT molecular complexity index is 478. The van der Waals surface area contributed by atoms with Crippen LogP contribution in [0.15, 0.2) is 24.5 Å². The van der Waals surface area contributed by atoms with Crippen LogP contribution in [0.3, 0.4) is 0 Å². The molecule has 5 heteroatoms. The van der Waals surface area contributed by atoms with E-state index in [9.17, 15) is 4.39 Å². The van der Waals surface area contributed by atoms with E-state index in [1.165, 1.54) is 16.8 Å². The van der Waals surface area contributed by atoms with E-state index >= 15 is 0 Å². The number of hydrogen-bond donors (Lipinski definition) is 1. The van der Waals surface area contributed by atoms with E-state index in [-0.39, 0.29) is 5.82 Å². The molecular formula is C10H11FN4. The summed E-state index contributed by atoms with van der Waals surface area (Å²) in [5.41, 5.74) is 7.03. The highest BCUT2D eigenvalue weighted by molar-refractivity contribution is 5.40. The molecule has 0 aliphatic rings. The predicted molar refractivity (Wildman–Crippen MR) is 53.9 cm³/mol. The maximum Gasteiger partial charge on any atom is 0.147 e. The zero-order chi connectivity index (χ0) is 10.8. The molecule has 2 N–H and O–H groups in total. The topological polar surface area (TPSA) is 56.7 Å². The summed E-state index contributed by atoms with van der Waals surface area (Å²) in [5, 5.41) is 4.11. The average molecular weight is 206 g/mol. The Hall–Kier alpha value is -1.75. The molecule has 0 atom stereocenters.